The number of aryl methyl sites for hydroxylation is 1. The minimum atomic E-state index is -1.04. The predicted octanol–water partition coefficient (Wildman–Crippen LogP) is 3.05. The molecule has 110 valence electrons. The first-order valence-corrected chi connectivity index (χ1v) is 7.13. The molecule has 2 aromatic carbocycles. The average Bonchev–Trinajstić information content (AvgIpc) is 2.48. The van der Waals surface area contributed by atoms with Gasteiger partial charge in [0.05, 0.1) is 6.04 Å². The lowest BCUT2D eigenvalue weighted by Gasteiger charge is -2.26. The van der Waals surface area contributed by atoms with Crippen LogP contribution in [0.2, 0.25) is 0 Å². The number of amides is 1. The van der Waals surface area contributed by atoms with E-state index in [1.165, 1.54) is 5.56 Å². The van der Waals surface area contributed by atoms with Crippen molar-refractivity contribution in [3.8, 4) is 0 Å². The van der Waals surface area contributed by atoms with Crippen LogP contribution in [0.3, 0.4) is 0 Å². The van der Waals surface area contributed by atoms with Gasteiger partial charge < -0.3 is 11.1 Å². The van der Waals surface area contributed by atoms with Gasteiger partial charge in [-0.25, -0.2) is 0 Å². The molecule has 0 aliphatic heterocycles. The topological polar surface area (TPSA) is 55.1 Å². The molecular weight excluding hydrogens is 260 g/mol. The van der Waals surface area contributed by atoms with E-state index in [2.05, 4.69) is 5.32 Å². The van der Waals surface area contributed by atoms with Crippen LogP contribution in [0.15, 0.2) is 54.6 Å². The van der Waals surface area contributed by atoms with Gasteiger partial charge in [0, 0.05) is 0 Å². The smallest absolute Gasteiger partial charge is 0.244 e. The quantitative estimate of drug-likeness (QED) is 0.905. The molecule has 0 heterocycles. The van der Waals surface area contributed by atoms with Gasteiger partial charge >= 0.3 is 0 Å². The summed E-state index contributed by atoms with van der Waals surface area (Å²) in [5.41, 5.74) is 8.25. The SMILES string of the molecule is Cc1ccc([C@@H](C)NC(=O)C(C)(N)c2ccccc2)cc1. The maximum absolute atomic E-state index is 12.5. The molecule has 0 bridgehead atoms. The highest BCUT2D eigenvalue weighted by Gasteiger charge is 2.31. The fourth-order valence-corrected chi connectivity index (χ4v) is 2.20. The van der Waals surface area contributed by atoms with Crippen molar-refractivity contribution in [2.75, 3.05) is 0 Å². The Morgan fingerprint density at radius 1 is 1.10 bits per heavy atom. The number of hydrogen-bond donors (Lipinski definition) is 2. The first-order chi connectivity index (χ1) is 9.91. The monoisotopic (exact) mass is 282 g/mol. The Labute approximate surface area is 126 Å². The molecule has 3 N–H and O–H groups in total. The Kier molecular flexibility index (Phi) is 4.43. The van der Waals surface area contributed by atoms with E-state index in [0.717, 1.165) is 11.1 Å². The summed E-state index contributed by atoms with van der Waals surface area (Å²) in [7, 11) is 0. The molecule has 0 saturated heterocycles. The molecule has 0 aliphatic carbocycles. The summed E-state index contributed by atoms with van der Waals surface area (Å²) in [6, 6.07) is 17.5. The molecule has 3 nitrogen and oxygen atoms in total. The van der Waals surface area contributed by atoms with E-state index in [0.29, 0.717) is 0 Å². The molecule has 0 radical (unpaired) electrons. The van der Waals surface area contributed by atoms with Crippen molar-refractivity contribution in [1.82, 2.24) is 5.32 Å². The standard InChI is InChI=1S/C18H22N2O/c1-13-9-11-15(12-10-13)14(2)20-17(21)18(3,19)16-7-5-4-6-8-16/h4-12,14H,19H2,1-3H3,(H,20,21)/t14-,18?/m1/s1. The van der Waals surface area contributed by atoms with E-state index >= 15 is 0 Å². The van der Waals surface area contributed by atoms with E-state index in [1.807, 2.05) is 68.4 Å². The molecule has 0 spiro atoms. The summed E-state index contributed by atoms with van der Waals surface area (Å²) < 4.78 is 0. The predicted molar refractivity (Wildman–Crippen MR) is 85.7 cm³/mol. The fourth-order valence-electron chi connectivity index (χ4n) is 2.20. The van der Waals surface area contributed by atoms with Crippen molar-refractivity contribution < 1.29 is 4.79 Å². The van der Waals surface area contributed by atoms with Gasteiger partial charge in [-0.15, -0.1) is 0 Å². The largest absolute Gasteiger partial charge is 0.348 e. The number of rotatable bonds is 4. The highest BCUT2D eigenvalue weighted by Crippen LogP contribution is 2.20. The molecule has 21 heavy (non-hydrogen) atoms. The zero-order valence-corrected chi connectivity index (χ0v) is 12.8. The van der Waals surface area contributed by atoms with E-state index in [1.54, 1.807) is 6.92 Å². The summed E-state index contributed by atoms with van der Waals surface area (Å²) >= 11 is 0. The number of nitrogens with one attached hydrogen (secondary N) is 1. The second kappa shape index (κ2) is 6.10. The summed E-state index contributed by atoms with van der Waals surface area (Å²) in [4.78, 5) is 12.5. The van der Waals surface area contributed by atoms with Gasteiger partial charge in [0.15, 0.2) is 0 Å². The van der Waals surface area contributed by atoms with Crippen LogP contribution in [0, 0.1) is 6.92 Å². The molecule has 0 saturated carbocycles. The number of hydrogen-bond acceptors (Lipinski definition) is 2. The van der Waals surface area contributed by atoms with Crippen LogP contribution in [-0.4, -0.2) is 5.91 Å². The highest BCUT2D eigenvalue weighted by molar-refractivity contribution is 5.87. The van der Waals surface area contributed by atoms with Gasteiger partial charge in [-0.1, -0.05) is 60.2 Å². The number of carbonyl (C=O) groups is 1. The Balaban J connectivity index is 2.12. The zero-order valence-electron chi connectivity index (χ0n) is 12.8. The van der Waals surface area contributed by atoms with Crippen LogP contribution in [0.25, 0.3) is 0 Å². The van der Waals surface area contributed by atoms with Crippen molar-refractivity contribution in [2.45, 2.75) is 32.4 Å². The molecule has 0 aromatic heterocycles. The van der Waals surface area contributed by atoms with E-state index in [9.17, 15) is 4.79 Å². The summed E-state index contributed by atoms with van der Waals surface area (Å²) in [6.07, 6.45) is 0. The third-order valence-electron chi connectivity index (χ3n) is 3.77. The Hall–Kier alpha value is -2.13. The van der Waals surface area contributed by atoms with E-state index < -0.39 is 5.54 Å². The summed E-state index contributed by atoms with van der Waals surface area (Å²) in [5, 5.41) is 2.99. The van der Waals surface area contributed by atoms with Gasteiger partial charge in [-0.05, 0) is 31.9 Å². The van der Waals surface area contributed by atoms with Gasteiger partial charge in [0.25, 0.3) is 0 Å². The van der Waals surface area contributed by atoms with Crippen LogP contribution in [0.5, 0.6) is 0 Å². The number of carbonyl (C=O) groups excluding carboxylic acids is 1. The minimum absolute atomic E-state index is 0.0790. The molecule has 3 heteroatoms. The summed E-state index contributed by atoms with van der Waals surface area (Å²) in [6.45, 7) is 5.74. The lowest BCUT2D eigenvalue weighted by atomic mass is 9.91. The second-order valence-corrected chi connectivity index (χ2v) is 5.67. The van der Waals surface area contributed by atoms with Gasteiger partial charge in [0.1, 0.15) is 5.54 Å². The fraction of sp³-hybridized carbons (Fsp3) is 0.278. The second-order valence-electron chi connectivity index (χ2n) is 5.67. The third-order valence-corrected chi connectivity index (χ3v) is 3.77. The molecular formula is C18H22N2O. The van der Waals surface area contributed by atoms with Crippen molar-refractivity contribution in [1.29, 1.82) is 0 Å². The van der Waals surface area contributed by atoms with E-state index in [-0.39, 0.29) is 11.9 Å². The molecule has 2 rings (SSSR count). The molecule has 1 amide bonds. The Bertz CT molecular complexity index is 603. The van der Waals surface area contributed by atoms with Gasteiger partial charge in [-0.3, -0.25) is 4.79 Å². The number of benzene rings is 2. The van der Waals surface area contributed by atoms with E-state index in [4.69, 9.17) is 5.73 Å². The maximum Gasteiger partial charge on any atom is 0.244 e. The molecule has 2 aromatic rings. The number of nitrogens with two attached hydrogens (primary N) is 1. The van der Waals surface area contributed by atoms with Crippen LogP contribution in [0.1, 0.15) is 36.6 Å². The molecule has 2 atom stereocenters. The van der Waals surface area contributed by atoms with Crippen molar-refractivity contribution in [2.24, 2.45) is 5.73 Å². The average molecular weight is 282 g/mol. The normalized spacial score (nSPS) is 15.0. The Morgan fingerprint density at radius 2 is 1.67 bits per heavy atom. The van der Waals surface area contributed by atoms with Gasteiger partial charge in [0.2, 0.25) is 5.91 Å². The van der Waals surface area contributed by atoms with Crippen LogP contribution in [0.4, 0.5) is 0 Å². The van der Waals surface area contributed by atoms with Crippen LogP contribution >= 0.6 is 0 Å². The Morgan fingerprint density at radius 3 is 2.24 bits per heavy atom. The lowest BCUT2D eigenvalue weighted by Crippen LogP contribution is -2.49. The first kappa shape index (κ1) is 15.3. The molecule has 1 unspecified atom stereocenters. The first-order valence-electron chi connectivity index (χ1n) is 7.13. The molecule has 0 fully saturated rings. The highest BCUT2D eigenvalue weighted by atomic mass is 16.2. The van der Waals surface area contributed by atoms with Crippen molar-refractivity contribution in [3.63, 3.8) is 0 Å². The van der Waals surface area contributed by atoms with Crippen molar-refractivity contribution in [3.05, 3.63) is 71.3 Å². The lowest BCUT2D eigenvalue weighted by molar-refractivity contribution is -0.126. The van der Waals surface area contributed by atoms with Gasteiger partial charge in [-0.2, -0.15) is 0 Å². The summed E-state index contributed by atoms with van der Waals surface area (Å²) in [5.74, 6) is -0.179. The third kappa shape index (κ3) is 3.50. The molecule has 0 aliphatic rings. The zero-order chi connectivity index (χ0) is 15.5. The van der Waals surface area contributed by atoms with Crippen molar-refractivity contribution >= 4 is 5.91 Å². The van der Waals surface area contributed by atoms with Crippen LogP contribution < -0.4 is 11.1 Å². The minimum Gasteiger partial charge on any atom is -0.348 e. The maximum atomic E-state index is 12.5. The van der Waals surface area contributed by atoms with Crippen LogP contribution in [-0.2, 0) is 10.3 Å².